The monoisotopic (exact) mass is 328 g/mol. The van der Waals surface area contributed by atoms with E-state index in [1.807, 2.05) is 6.07 Å². The average molecular weight is 328 g/mol. The topological polar surface area (TPSA) is 71.0 Å². The predicted molar refractivity (Wildman–Crippen MR) is 88.6 cm³/mol. The minimum absolute atomic E-state index is 0.0321. The largest absolute Gasteiger partial charge is 0.340 e. The van der Waals surface area contributed by atoms with Gasteiger partial charge in [0.2, 0.25) is 5.91 Å². The highest BCUT2D eigenvalue weighted by Gasteiger charge is 2.41. The Morgan fingerprint density at radius 2 is 2.21 bits per heavy atom. The number of likely N-dealkylation sites (tertiary alicyclic amines) is 1. The number of benzene rings is 1. The quantitative estimate of drug-likeness (QED) is 0.815. The van der Waals surface area contributed by atoms with E-state index in [0.29, 0.717) is 38.8 Å². The van der Waals surface area contributed by atoms with Gasteiger partial charge in [0.15, 0.2) is 5.66 Å². The first-order valence-corrected chi connectivity index (χ1v) is 8.19. The number of amides is 1. The van der Waals surface area contributed by atoms with Crippen molar-refractivity contribution in [1.82, 2.24) is 4.90 Å². The third-order valence-electron chi connectivity index (χ3n) is 4.79. The maximum atomic E-state index is 13.4. The second-order valence-corrected chi connectivity index (χ2v) is 6.51. The number of nitrogens with two attached hydrogens (primary N) is 1. The molecular weight excluding hydrogens is 307 g/mol. The summed E-state index contributed by atoms with van der Waals surface area (Å²) in [7, 11) is 0. The number of hydrogen-bond donors (Lipinski definition) is 1. The molecule has 0 radical (unpaired) electrons. The lowest BCUT2D eigenvalue weighted by Gasteiger charge is -2.17. The molecule has 1 fully saturated rings. The zero-order valence-corrected chi connectivity index (χ0v) is 13.5. The van der Waals surface area contributed by atoms with E-state index in [1.165, 1.54) is 12.1 Å². The number of halogens is 1. The lowest BCUT2D eigenvalue weighted by atomic mass is 9.95. The molecule has 0 bridgehead atoms. The Bertz CT molecular complexity index is 691. The van der Waals surface area contributed by atoms with E-state index in [0.717, 1.165) is 5.56 Å². The fourth-order valence-corrected chi connectivity index (χ4v) is 3.26. The van der Waals surface area contributed by atoms with Crippen molar-refractivity contribution in [2.75, 3.05) is 13.1 Å². The Kier molecular flexibility index (Phi) is 4.63. The molecule has 0 aromatic heterocycles. The molecule has 1 aromatic rings. The SMILES string of the molecule is C#CCCC1(CCC(=O)N2C[C@@H](N)[C@H](c3cccc(F)c3)C2)N=N1. The molecule has 2 heterocycles. The fraction of sp³-hybridized carbons (Fsp3) is 0.500. The van der Waals surface area contributed by atoms with Gasteiger partial charge in [0.05, 0.1) is 0 Å². The van der Waals surface area contributed by atoms with Crippen LogP contribution in [0.15, 0.2) is 34.5 Å². The van der Waals surface area contributed by atoms with Crippen LogP contribution in [0.4, 0.5) is 4.39 Å². The molecular formula is C18H21FN4O. The van der Waals surface area contributed by atoms with E-state index in [9.17, 15) is 9.18 Å². The second-order valence-electron chi connectivity index (χ2n) is 6.51. The molecule has 1 saturated heterocycles. The highest BCUT2D eigenvalue weighted by Crippen LogP contribution is 2.38. The lowest BCUT2D eigenvalue weighted by Crippen LogP contribution is -2.32. The summed E-state index contributed by atoms with van der Waals surface area (Å²) in [6, 6.07) is 6.26. The Labute approximate surface area is 141 Å². The van der Waals surface area contributed by atoms with Crippen molar-refractivity contribution in [3.63, 3.8) is 0 Å². The van der Waals surface area contributed by atoms with Crippen molar-refractivity contribution in [3.8, 4) is 12.3 Å². The average Bonchev–Trinajstić information content (AvgIpc) is 3.24. The molecule has 3 rings (SSSR count). The maximum absolute atomic E-state index is 13.4. The van der Waals surface area contributed by atoms with Crippen molar-refractivity contribution < 1.29 is 9.18 Å². The zero-order chi connectivity index (χ0) is 17.2. The third-order valence-corrected chi connectivity index (χ3v) is 4.79. The summed E-state index contributed by atoms with van der Waals surface area (Å²) in [5, 5.41) is 8.10. The highest BCUT2D eigenvalue weighted by atomic mass is 19.1. The fourth-order valence-electron chi connectivity index (χ4n) is 3.26. The van der Waals surface area contributed by atoms with Gasteiger partial charge in [-0.3, -0.25) is 4.79 Å². The van der Waals surface area contributed by atoms with Crippen molar-refractivity contribution in [3.05, 3.63) is 35.6 Å². The number of carbonyl (C=O) groups excluding carboxylic acids is 1. The van der Waals surface area contributed by atoms with Gasteiger partial charge in [0, 0.05) is 50.7 Å². The molecule has 2 aliphatic heterocycles. The molecule has 0 unspecified atom stereocenters. The van der Waals surface area contributed by atoms with Gasteiger partial charge in [-0.15, -0.1) is 12.3 Å². The summed E-state index contributed by atoms with van der Waals surface area (Å²) in [4.78, 5) is 14.2. The summed E-state index contributed by atoms with van der Waals surface area (Å²) in [6.45, 7) is 1.01. The number of hydrogen-bond acceptors (Lipinski definition) is 4. The summed E-state index contributed by atoms with van der Waals surface area (Å²) in [5.41, 5.74) is 6.58. The maximum Gasteiger partial charge on any atom is 0.222 e. The molecule has 2 N–H and O–H groups in total. The predicted octanol–water partition coefficient (Wildman–Crippen LogP) is 2.43. The molecule has 0 spiro atoms. The lowest BCUT2D eigenvalue weighted by molar-refractivity contribution is -0.130. The second kappa shape index (κ2) is 6.70. The van der Waals surface area contributed by atoms with Gasteiger partial charge in [-0.2, -0.15) is 10.2 Å². The Balaban J connectivity index is 1.55. The Morgan fingerprint density at radius 3 is 2.88 bits per heavy atom. The molecule has 2 atom stereocenters. The molecule has 24 heavy (non-hydrogen) atoms. The molecule has 2 aliphatic rings. The third kappa shape index (κ3) is 3.62. The zero-order valence-electron chi connectivity index (χ0n) is 13.5. The number of terminal acetylenes is 1. The van der Waals surface area contributed by atoms with Gasteiger partial charge in [-0.25, -0.2) is 4.39 Å². The van der Waals surface area contributed by atoms with Crippen molar-refractivity contribution >= 4 is 5.91 Å². The minimum atomic E-state index is -0.439. The van der Waals surface area contributed by atoms with Crippen LogP contribution in [0, 0.1) is 18.2 Å². The van der Waals surface area contributed by atoms with E-state index in [2.05, 4.69) is 16.1 Å². The van der Waals surface area contributed by atoms with E-state index in [4.69, 9.17) is 12.2 Å². The van der Waals surface area contributed by atoms with E-state index in [1.54, 1.807) is 11.0 Å². The van der Waals surface area contributed by atoms with E-state index < -0.39 is 5.66 Å². The van der Waals surface area contributed by atoms with Gasteiger partial charge in [-0.1, -0.05) is 12.1 Å². The molecule has 0 aliphatic carbocycles. The Morgan fingerprint density at radius 1 is 1.42 bits per heavy atom. The molecule has 1 amide bonds. The van der Waals surface area contributed by atoms with E-state index >= 15 is 0 Å². The summed E-state index contributed by atoms with van der Waals surface area (Å²) >= 11 is 0. The molecule has 5 nitrogen and oxygen atoms in total. The van der Waals surface area contributed by atoms with Gasteiger partial charge in [0.1, 0.15) is 5.82 Å². The van der Waals surface area contributed by atoms with Crippen LogP contribution in [0.3, 0.4) is 0 Å². The number of rotatable bonds is 6. The minimum Gasteiger partial charge on any atom is -0.340 e. The van der Waals surface area contributed by atoms with Crippen LogP contribution in [0.25, 0.3) is 0 Å². The van der Waals surface area contributed by atoms with Crippen LogP contribution in [-0.2, 0) is 4.79 Å². The van der Waals surface area contributed by atoms with Crippen molar-refractivity contribution in [2.24, 2.45) is 16.0 Å². The first-order chi connectivity index (χ1) is 11.5. The van der Waals surface area contributed by atoms with Gasteiger partial charge < -0.3 is 10.6 Å². The molecule has 1 aromatic carbocycles. The first kappa shape index (κ1) is 16.6. The smallest absolute Gasteiger partial charge is 0.222 e. The van der Waals surface area contributed by atoms with Gasteiger partial charge >= 0.3 is 0 Å². The summed E-state index contributed by atoms with van der Waals surface area (Å²) in [5.74, 6) is 2.31. The molecule has 6 heteroatoms. The van der Waals surface area contributed by atoms with Gasteiger partial charge in [-0.05, 0) is 17.7 Å². The van der Waals surface area contributed by atoms with Crippen molar-refractivity contribution in [2.45, 2.75) is 43.3 Å². The highest BCUT2D eigenvalue weighted by molar-refractivity contribution is 5.77. The first-order valence-electron chi connectivity index (χ1n) is 8.19. The Hall–Kier alpha value is -2.26. The van der Waals surface area contributed by atoms with Crippen LogP contribution in [0.2, 0.25) is 0 Å². The van der Waals surface area contributed by atoms with Crippen LogP contribution in [-0.4, -0.2) is 35.6 Å². The summed E-state index contributed by atoms with van der Waals surface area (Å²) in [6.07, 6.45) is 7.53. The van der Waals surface area contributed by atoms with E-state index in [-0.39, 0.29) is 23.7 Å². The standard InChI is InChI=1S/C18H21FN4O/c1-2-3-8-18(21-22-18)9-7-17(24)23-11-15(16(20)12-23)13-5-4-6-14(19)10-13/h1,4-6,10,15-16H,3,7-9,11-12,20H2/t15-,16+/m0/s1. The molecule has 126 valence electrons. The van der Waals surface area contributed by atoms with Crippen LogP contribution in [0.5, 0.6) is 0 Å². The summed E-state index contributed by atoms with van der Waals surface area (Å²) < 4.78 is 13.4. The molecule has 0 saturated carbocycles. The normalized spacial score (nSPS) is 24.0. The van der Waals surface area contributed by atoms with Crippen molar-refractivity contribution in [1.29, 1.82) is 0 Å². The van der Waals surface area contributed by atoms with Crippen LogP contribution >= 0.6 is 0 Å². The van der Waals surface area contributed by atoms with Gasteiger partial charge in [0.25, 0.3) is 0 Å². The van der Waals surface area contributed by atoms with Crippen LogP contribution in [0.1, 0.15) is 37.2 Å². The van der Waals surface area contributed by atoms with Crippen LogP contribution < -0.4 is 5.73 Å². The number of nitrogens with zero attached hydrogens (tertiary/aromatic N) is 3. The number of carbonyl (C=O) groups is 1.